The van der Waals surface area contributed by atoms with Crippen molar-refractivity contribution in [2.75, 3.05) is 39.3 Å². The summed E-state index contributed by atoms with van der Waals surface area (Å²) in [6, 6.07) is 7.52. The van der Waals surface area contributed by atoms with Gasteiger partial charge in [0.2, 0.25) is 0 Å². The van der Waals surface area contributed by atoms with Crippen LogP contribution in [0.2, 0.25) is 0 Å². The summed E-state index contributed by atoms with van der Waals surface area (Å²) in [4.78, 5) is 13.8. The Labute approximate surface area is 96.2 Å². The molecule has 0 spiro atoms. The van der Waals surface area contributed by atoms with E-state index in [9.17, 15) is 4.79 Å². The Kier molecular flexibility index (Phi) is 4.79. The van der Waals surface area contributed by atoms with E-state index in [0.29, 0.717) is 18.7 Å². The smallest absolute Gasteiger partial charge is 0.253 e. The minimum Gasteiger partial charge on any atom is -0.383 e. The first-order valence-corrected chi connectivity index (χ1v) is 5.20. The Morgan fingerprint density at radius 3 is 2.69 bits per heavy atom. The zero-order valence-electron chi connectivity index (χ0n) is 9.99. The maximum Gasteiger partial charge on any atom is 0.253 e. The number of methoxy groups -OCH3 is 1. The first-order chi connectivity index (χ1) is 7.66. The fraction of sp³-hybridized carbons (Fsp3) is 0.417. The van der Waals surface area contributed by atoms with E-state index >= 15 is 0 Å². The fourth-order valence-corrected chi connectivity index (χ4v) is 1.42. The topological polar surface area (TPSA) is 41.6 Å². The number of benzene rings is 1. The predicted molar refractivity (Wildman–Crippen MR) is 65.0 cm³/mol. The zero-order chi connectivity index (χ0) is 12.0. The van der Waals surface area contributed by atoms with Crippen molar-refractivity contribution in [2.24, 2.45) is 0 Å². The summed E-state index contributed by atoms with van der Waals surface area (Å²) in [5, 5.41) is 2.80. The average molecular weight is 222 g/mol. The minimum atomic E-state index is -0.0682. The molecule has 0 aliphatic heterocycles. The molecule has 0 aliphatic carbocycles. The van der Waals surface area contributed by atoms with E-state index in [1.54, 1.807) is 7.11 Å². The van der Waals surface area contributed by atoms with Gasteiger partial charge in [0.1, 0.15) is 0 Å². The van der Waals surface area contributed by atoms with Crippen LogP contribution < -0.4 is 10.2 Å². The number of nitrogens with zero attached hydrogens (tertiary/aromatic N) is 1. The highest BCUT2D eigenvalue weighted by Crippen LogP contribution is 2.17. The van der Waals surface area contributed by atoms with Crippen molar-refractivity contribution in [3.8, 4) is 0 Å². The molecule has 0 atom stereocenters. The van der Waals surface area contributed by atoms with Crippen LogP contribution in [0.4, 0.5) is 5.69 Å². The summed E-state index contributed by atoms with van der Waals surface area (Å²) in [5.41, 5.74) is 1.60. The predicted octanol–water partition coefficient (Wildman–Crippen LogP) is 1.13. The summed E-state index contributed by atoms with van der Waals surface area (Å²) in [6.45, 7) is 1.05. The van der Waals surface area contributed by atoms with Crippen LogP contribution in [0.25, 0.3) is 0 Å². The average Bonchev–Trinajstić information content (AvgIpc) is 2.29. The van der Waals surface area contributed by atoms with E-state index < -0.39 is 0 Å². The van der Waals surface area contributed by atoms with Crippen molar-refractivity contribution in [3.05, 3.63) is 29.8 Å². The Morgan fingerprint density at radius 2 is 2.06 bits per heavy atom. The largest absolute Gasteiger partial charge is 0.383 e. The summed E-state index contributed by atoms with van der Waals surface area (Å²) >= 11 is 0. The Morgan fingerprint density at radius 1 is 1.38 bits per heavy atom. The molecule has 1 aromatic rings. The van der Waals surface area contributed by atoms with Crippen molar-refractivity contribution in [3.63, 3.8) is 0 Å². The molecule has 4 nitrogen and oxygen atoms in total. The molecule has 0 heterocycles. The summed E-state index contributed by atoms with van der Waals surface area (Å²) in [6.07, 6.45) is 0. The van der Waals surface area contributed by atoms with Gasteiger partial charge in [-0.25, -0.2) is 0 Å². The fourth-order valence-electron chi connectivity index (χ4n) is 1.42. The van der Waals surface area contributed by atoms with E-state index in [-0.39, 0.29) is 5.91 Å². The molecule has 16 heavy (non-hydrogen) atoms. The van der Waals surface area contributed by atoms with Gasteiger partial charge in [-0.15, -0.1) is 0 Å². The maximum absolute atomic E-state index is 11.9. The molecular weight excluding hydrogens is 204 g/mol. The Balaban J connectivity index is 2.74. The van der Waals surface area contributed by atoms with E-state index in [1.165, 1.54) is 0 Å². The molecule has 4 heteroatoms. The first kappa shape index (κ1) is 12.5. The molecule has 1 N–H and O–H groups in total. The number of hydrogen-bond donors (Lipinski definition) is 1. The number of rotatable bonds is 5. The monoisotopic (exact) mass is 222 g/mol. The highest BCUT2D eigenvalue weighted by Gasteiger charge is 2.10. The second-order valence-corrected chi connectivity index (χ2v) is 3.66. The molecule has 1 amide bonds. The molecule has 1 aromatic carbocycles. The van der Waals surface area contributed by atoms with Crippen LogP contribution in [-0.4, -0.2) is 40.3 Å². The van der Waals surface area contributed by atoms with Crippen molar-refractivity contribution >= 4 is 11.6 Å². The molecular formula is C12H18N2O2. The van der Waals surface area contributed by atoms with E-state index in [1.807, 2.05) is 43.3 Å². The number of carbonyl (C=O) groups excluding carboxylic acids is 1. The lowest BCUT2D eigenvalue weighted by atomic mass is 10.1. The van der Waals surface area contributed by atoms with Gasteiger partial charge in [-0.05, 0) is 12.1 Å². The number of para-hydroxylation sites is 1. The van der Waals surface area contributed by atoms with Crippen LogP contribution in [0, 0.1) is 0 Å². The van der Waals surface area contributed by atoms with Gasteiger partial charge in [0.05, 0.1) is 12.2 Å². The van der Waals surface area contributed by atoms with E-state index in [0.717, 1.165) is 5.69 Å². The number of carbonyl (C=O) groups is 1. The highest BCUT2D eigenvalue weighted by atomic mass is 16.5. The van der Waals surface area contributed by atoms with Gasteiger partial charge in [-0.3, -0.25) is 4.79 Å². The van der Waals surface area contributed by atoms with Crippen LogP contribution in [0.15, 0.2) is 24.3 Å². The maximum atomic E-state index is 11.9. The van der Waals surface area contributed by atoms with Crippen molar-refractivity contribution in [2.45, 2.75) is 0 Å². The lowest BCUT2D eigenvalue weighted by molar-refractivity contribution is 0.0937. The third-order valence-corrected chi connectivity index (χ3v) is 2.22. The molecule has 0 fully saturated rings. The number of amides is 1. The van der Waals surface area contributed by atoms with Gasteiger partial charge in [-0.2, -0.15) is 0 Å². The van der Waals surface area contributed by atoms with Crippen LogP contribution in [0.3, 0.4) is 0 Å². The molecule has 0 aromatic heterocycles. The van der Waals surface area contributed by atoms with E-state index in [4.69, 9.17) is 4.74 Å². The zero-order valence-corrected chi connectivity index (χ0v) is 9.99. The Hall–Kier alpha value is -1.55. The molecule has 0 radical (unpaired) electrons. The van der Waals surface area contributed by atoms with Crippen LogP contribution in [-0.2, 0) is 4.74 Å². The summed E-state index contributed by atoms with van der Waals surface area (Å²) in [5.74, 6) is -0.0682. The van der Waals surface area contributed by atoms with Gasteiger partial charge >= 0.3 is 0 Å². The third-order valence-electron chi connectivity index (χ3n) is 2.22. The van der Waals surface area contributed by atoms with Gasteiger partial charge < -0.3 is 15.0 Å². The number of ether oxygens (including phenoxy) is 1. The van der Waals surface area contributed by atoms with Crippen molar-refractivity contribution in [1.82, 2.24) is 5.32 Å². The number of nitrogens with one attached hydrogen (secondary N) is 1. The van der Waals surface area contributed by atoms with Crippen LogP contribution >= 0.6 is 0 Å². The molecule has 0 bridgehead atoms. The van der Waals surface area contributed by atoms with Gasteiger partial charge in [0.15, 0.2) is 0 Å². The third kappa shape index (κ3) is 3.24. The van der Waals surface area contributed by atoms with Crippen LogP contribution in [0.5, 0.6) is 0 Å². The van der Waals surface area contributed by atoms with Gasteiger partial charge in [0, 0.05) is 33.4 Å². The van der Waals surface area contributed by atoms with Crippen molar-refractivity contribution in [1.29, 1.82) is 0 Å². The first-order valence-electron chi connectivity index (χ1n) is 5.20. The molecule has 0 aliphatic rings. The lowest BCUT2D eigenvalue weighted by Gasteiger charge is -2.16. The molecule has 88 valence electrons. The SMILES string of the molecule is COCCNC(=O)c1ccccc1N(C)C. The second-order valence-electron chi connectivity index (χ2n) is 3.66. The minimum absolute atomic E-state index is 0.0682. The summed E-state index contributed by atoms with van der Waals surface area (Å²) < 4.78 is 4.88. The van der Waals surface area contributed by atoms with Gasteiger partial charge in [-0.1, -0.05) is 12.1 Å². The number of hydrogen-bond acceptors (Lipinski definition) is 3. The standard InChI is InChI=1S/C12H18N2O2/c1-14(2)11-7-5-4-6-10(11)12(15)13-8-9-16-3/h4-7H,8-9H2,1-3H3,(H,13,15). The number of anilines is 1. The lowest BCUT2D eigenvalue weighted by Crippen LogP contribution is -2.28. The second kappa shape index (κ2) is 6.12. The molecule has 0 unspecified atom stereocenters. The molecule has 0 saturated heterocycles. The quantitative estimate of drug-likeness (QED) is 0.759. The van der Waals surface area contributed by atoms with E-state index in [2.05, 4.69) is 5.32 Å². The highest BCUT2D eigenvalue weighted by molar-refractivity contribution is 5.99. The normalized spacial score (nSPS) is 9.94. The summed E-state index contributed by atoms with van der Waals surface area (Å²) in [7, 11) is 5.45. The molecule has 1 rings (SSSR count). The molecule has 0 saturated carbocycles. The van der Waals surface area contributed by atoms with Crippen molar-refractivity contribution < 1.29 is 9.53 Å². The Bertz CT molecular complexity index is 351. The van der Waals surface area contributed by atoms with Crippen LogP contribution in [0.1, 0.15) is 10.4 Å². The van der Waals surface area contributed by atoms with Gasteiger partial charge in [0.25, 0.3) is 5.91 Å².